The van der Waals surface area contributed by atoms with Crippen LogP contribution in [-0.4, -0.2) is 67.3 Å². The van der Waals surface area contributed by atoms with Crippen LogP contribution in [0.2, 0.25) is 0 Å². The predicted octanol–water partition coefficient (Wildman–Crippen LogP) is 0.461. The van der Waals surface area contributed by atoms with Crippen LogP contribution in [0.5, 0.6) is 0 Å². The number of rotatable bonds is 24. The summed E-state index contributed by atoms with van der Waals surface area (Å²) < 4.78 is 0. The number of unbranched alkanes of at least 4 members (excludes halogenated alkanes) is 8. The molecule has 0 aliphatic rings. The molecular formula is C27H53N7O5. The quantitative estimate of drug-likeness (QED) is 0.0835. The van der Waals surface area contributed by atoms with Crippen molar-refractivity contribution >= 4 is 29.5 Å². The summed E-state index contributed by atoms with van der Waals surface area (Å²) in [5.74, 6) is -2.48. The molecule has 0 heterocycles. The number of nitrogens with one attached hydrogen (secondary N) is 4. The van der Waals surface area contributed by atoms with Gasteiger partial charge in [-0.15, -0.1) is 0 Å². The van der Waals surface area contributed by atoms with Gasteiger partial charge in [0.1, 0.15) is 18.1 Å². The zero-order valence-corrected chi connectivity index (χ0v) is 24.0. The molecule has 0 radical (unpaired) electrons. The molecule has 0 spiro atoms. The van der Waals surface area contributed by atoms with Gasteiger partial charge < -0.3 is 38.5 Å². The van der Waals surface area contributed by atoms with Crippen LogP contribution >= 0.6 is 0 Å². The first-order chi connectivity index (χ1) is 18.7. The lowest BCUT2D eigenvalue weighted by Crippen LogP contribution is -2.54. The monoisotopic (exact) mass is 555 g/mol. The predicted molar refractivity (Wildman–Crippen MR) is 152 cm³/mol. The molecule has 0 aromatic carbocycles. The summed E-state index contributed by atoms with van der Waals surface area (Å²) in [5, 5.41) is 10.3. The minimum absolute atomic E-state index is 0.193. The Morgan fingerprint density at radius 1 is 0.641 bits per heavy atom. The van der Waals surface area contributed by atoms with E-state index in [0.717, 1.165) is 19.3 Å². The second-order valence-electron chi connectivity index (χ2n) is 10.0. The van der Waals surface area contributed by atoms with Crippen LogP contribution in [0.25, 0.3) is 0 Å². The second kappa shape index (κ2) is 23.2. The molecule has 3 atom stereocenters. The molecule has 226 valence electrons. The highest BCUT2D eigenvalue weighted by Crippen LogP contribution is 2.09. The first kappa shape index (κ1) is 36.3. The molecule has 0 aliphatic carbocycles. The van der Waals surface area contributed by atoms with E-state index in [0.29, 0.717) is 58.0 Å². The fourth-order valence-electron chi connectivity index (χ4n) is 3.99. The van der Waals surface area contributed by atoms with Crippen molar-refractivity contribution in [3.8, 4) is 0 Å². The lowest BCUT2D eigenvalue weighted by molar-refractivity contribution is -0.132. The van der Waals surface area contributed by atoms with Crippen molar-refractivity contribution in [2.45, 2.75) is 122 Å². The van der Waals surface area contributed by atoms with Gasteiger partial charge in [-0.1, -0.05) is 45.4 Å². The van der Waals surface area contributed by atoms with Crippen LogP contribution in [0.15, 0.2) is 0 Å². The van der Waals surface area contributed by atoms with Gasteiger partial charge in [-0.2, -0.15) is 0 Å². The number of primary amides is 1. The van der Waals surface area contributed by atoms with Gasteiger partial charge in [-0.25, -0.2) is 0 Å². The van der Waals surface area contributed by atoms with Gasteiger partial charge in [0.25, 0.3) is 0 Å². The van der Waals surface area contributed by atoms with E-state index in [9.17, 15) is 24.0 Å². The fraction of sp³-hybridized carbons (Fsp3) is 0.815. The molecule has 12 nitrogen and oxygen atoms in total. The Hall–Kier alpha value is -2.73. The summed E-state index contributed by atoms with van der Waals surface area (Å²) in [6.45, 7) is 4.21. The maximum Gasteiger partial charge on any atom is 0.243 e. The van der Waals surface area contributed by atoms with Crippen LogP contribution in [0, 0.1) is 0 Å². The maximum atomic E-state index is 12.7. The lowest BCUT2D eigenvalue weighted by Gasteiger charge is -2.20. The van der Waals surface area contributed by atoms with Gasteiger partial charge in [0, 0.05) is 6.42 Å². The Bertz CT molecular complexity index is 735. The summed E-state index contributed by atoms with van der Waals surface area (Å²) >= 11 is 0. The van der Waals surface area contributed by atoms with Crippen LogP contribution in [-0.2, 0) is 24.0 Å². The topological polar surface area (TPSA) is 212 Å². The van der Waals surface area contributed by atoms with Crippen LogP contribution in [0.1, 0.15) is 104 Å². The smallest absolute Gasteiger partial charge is 0.243 e. The average molecular weight is 556 g/mol. The van der Waals surface area contributed by atoms with E-state index < -0.39 is 41.8 Å². The van der Waals surface area contributed by atoms with Crippen molar-refractivity contribution in [3.63, 3.8) is 0 Å². The van der Waals surface area contributed by atoms with Gasteiger partial charge in [0.15, 0.2) is 0 Å². The van der Waals surface area contributed by atoms with Gasteiger partial charge in [0.2, 0.25) is 29.5 Å². The molecule has 10 N–H and O–H groups in total. The van der Waals surface area contributed by atoms with Crippen molar-refractivity contribution in [1.29, 1.82) is 0 Å². The third-order valence-corrected chi connectivity index (χ3v) is 6.41. The molecule has 12 heteroatoms. The molecule has 0 aromatic heterocycles. The van der Waals surface area contributed by atoms with Crippen LogP contribution in [0.3, 0.4) is 0 Å². The molecule has 5 amide bonds. The average Bonchev–Trinajstić information content (AvgIpc) is 2.90. The molecule has 0 bridgehead atoms. The largest absolute Gasteiger partial charge is 0.368 e. The summed E-state index contributed by atoms with van der Waals surface area (Å²) in [4.78, 5) is 61.5. The summed E-state index contributed by atoms with van der Waals surface area (Å²) in [6, 6.07) is -2.58. The van der Waals surface area contributed by atoms with Crippen molar-refractivity contribution in [1.82, 2.24) is 21.3 Å². The molecule has 0 saturated heterocycles. The standard InChI is InChI=1S/C27H53N7O5/c1-3-4-5-6-7-8-9-16-23(35)33-22(15-11-13-18-29)27(39)31-19-24(36)32-20(2)26(38)34-21(25(30)37)14-10-12-17-28/h20-22H,3-19,28-29H2,1-2H3,(H2,30,37)(H,31,39)(H,32,36)(H,33,35)(H,34,38). The minimum Gasteiger partial charge on any atom is -0.368 e. The summed E-state index contributed by atoms with van der Waals surface area (Å²) in [6.07, 6.45) is 11.4. The highest BCUT2D eigenvalue weighted by atomic mass is 16.2. The molecule has 39 heavy (non-hydrogen) atoms. The first-order valence-corrected chi connectivity index (χ1v) is 14.5. The highest BCUT2D eigenvalue weighted by molar-refractivity contribution is 5.93. The van der Waals surface area contributed by atoms with E-state index in [-0.39, 0.29) is 12.5 Å². The third kappa shape index (κ3) is 19.0. The Morgan fingerprint density at radius 3 is 1.77 bits per heavy atom. The van der Waals surface area contributed by atoms with Crippen molar-refractivity contribution in [2.75, 3.05) is 19.6 Å². The van der Waals surface area contributed by atoms with E-state index in [1.807, 2.05) is 0 Å². The van der Waals surface area contributed by atoms with E-state index in [1.54, 1.807) is 0 Å². The van der Waals surface area contributed by atoms with Crippen molar-refractivity contribution < 1.29 is 24.0 Å². The summed E-state index contributed by atoms with van der Waals surface area (Å²) in [5.41, 5.74) is 16.4. The zero-order valence-electron chi connectivity index (χ0n) is 24.0. The number of carbonyl (C=O) groups excluding carboxylic acids is 5. The van der Waals surface area contributed by atoms with Crippen LogP contribution in [0.4, 0.5) is 0 Å². The Labute approximate surface area is 233 Å². The number of hydrogen-bond acceptors (Lipinski definition) is 7. The molecule has 0 saturated carbocycles. The fourth-order valence-corrected chi connectivity index (χ4v) is 3.99. The van der Waals surface area contributed by atoms with E-state index >= 15 is 0 Å². The summed E-state index contributed by atoms with van der Waals surface area (Å²) in [7, 11) is 0. The van der Waals surface area contributed by atoms with Crippen LogP contribution < -0.4 is 38.5 Å². The highest BCUT2D eigenvalue weighted by Gasteiger charge is 2.24. The number of hydrogen-bond donors (Lipinski definition) is 7. The van der Waals surface area contributed by atoms with Gasteiger partial charge in [0.05, 0.1) is 6.54 Å². The van der Waals surface area contributed by atoms with Gasteiger partial charge in [-0.3, -0.25) is 24.0 Å². The zero-order chi connectivity index (χ0) is 29.5. The number of nitrogens with two attached hydrogens (primary N) is 3. The molecule has 0 aromatic rings. The molecule has 0 aliphatic heterocycles. The Kier molecular flexibility index (Phi) is 21.6. The van der Waals surface area contributed by atoms with Gasteiger partial charge in [-0.05, 0) is 65.0 Å². The molecule has 0 fully saturated rings. The van der Waals surface area contributed by atoms with E-state index in [2.05, 4.69) is 28.2 Å². The molecule has 3 unspecified atom stereocenters. The minimum atomic E-state index is -0.951. The number of amides is 5. The maximum absolute atomic E-state index is 12.7. The first-order valence-electron chi connectivity index (χ1n) is 14.5. The second-order valence-corrected chi connectivity index (χ2v) is 10.0. The number of carbonyl (C=O) groups is 5. The Balaban J connectivity index is 4.64. The third-order valence-electron chi connectivity index (χ3n) is 6.41. The SMILES string of the molecule is CCCCCCCCCC(=O)NC(CCCCN)C(=O)NCC(=O)NC(C)C(=O)NC(CCCCN)C(N)=O. The van der Waals surface area contributed by atoms with Crippen molar-refractivity contribution in [2.24, 2.45) is 17.2 Å². The van der Waals surface area contributed by atoms with Crippen molar-refractivity contribution in [3.05, 3.63) is 0 Å². The van der Waals surface area contributed by atoms with E-state index in [4.69, 9.17) is 17.2 Å². The lowest BCUT2D eigenvalue weighted by atomic mass is 10.1. The van der Waals surface area contributed by atoms with Gasteiger partial charge >= 0.3 is 0 Å². The molecule has 0 rings (SSSR count). The normalized spacial score (nSPS) is 13.1. The molecular weight excluding hydrogens is 502 g/mol. The Morgan fingerprint density at radius 2 is 1.21 bits per heavy atom. The van der Waals surface area contributed by atoms with E-state index in [1.165, 1.54) is 32.6 Å².